The fourth-order valence-corrected chi connectivity index (χ4v) is 4.06. The molecule has 0 spiro atoms. The first-order valence-corrected chi connectivity index (χ1v) is 8.01. The molecule has 0 aromatic carbocycles. The van der Waals surface area contributed by atoms with Crippen LogP contribution in [-0.2, 0) is 10.0 Å². The van der Waals surface area contributed by atoms with Crippen LogP contribution in [0.4, 0.5) is 0 Å². The zero-order valence-corrected chi connectivity index (χ0v) is 12.3. The Kier molecular flexibility index (Phi) is 5.41. The van der Waals surface area contributed by atoms with Crippen LogP contribution in [0.15, 0.2) is 0 Å². The van der Waals surface area contributed by atoms with Crippen molar-refractivity contribution in [3.8, 4) is 0 Å². The van der Waals surface area contributed by atoms with Crippen LogP contribution in [0.2, 0.25) is 0 Å². The van der Waals surface area contributed by atoms with E-state index in [1.165, 1.54) is 0 Å². The predicted molar refractivity (Wildman–Crippen MR) is 71.5 cm³/mol. The van der Waals surface area contributed by atoms with Crippen LogP contribution in [0.1, 0.15) is 39.5 Å². The fourth-order valence-electron chi connectivity index (χ4n) is 2.49. The third-order valence-electron chi connectivity index (χ3n) is 3.90. The standard InChI is InChI=1S/C12H26N2O2S/c1-10-5-7-12(8-6-10)14(4)17(15,16)11(2)9-13-3/h10-13H,5-9H2,1-4H3. The predicted octanol–water partition coefficient (Wildman–Crippen LogP) is 1.43. The van der Waals surface area contributed by atoms with Crippen molar-refractivity contribution in [3.63, 3.8) is 0 Å². The molecule has 0 aromatic rings. The molecule has 1 saturated carbocycles. The van der Waals surface area contributed by atoms with Crippen LogP contribution in [0.3, 0.4) is 0 Å². The molecule has 1 aliphatic rings. The Morgan fingerprint density at radius 2 is 1.82 bits per heavy atom. The highest BCUT2D eigenvalue weighted by molar-refractivity contribution is 7.89. The van der Waals surface area contributed by atoms with E-state index in [0.29, 0.717) is 6.54 Å². The molecule has 0 bridgehead atoms. The number of hydrogen-bond donors (Lipinski definition) is 1. The van der Waals surface area contributed by atoms with Crippen molar-refractivity contribution < 1.29 is 8.42 Å². The highest BCUT2D eigenvalue weighted by Crippen LogP contribution is 2.28. The monoisotopic (exact) mass is 262 g/mol. The lowest BCUT2D eigenvalue weighted by atomic mass is 9.87. The lowest BCUT2D eigenvalue weighted by Gasteiger charge is -2.34. The Hall–Kier alpha value is -0.130. The molecule has 0 heterocycles. The Labute approximate surface area is 106 Å². The highest BCUT2D eigenvalue weighted by atomic mass is 32.2. The summed E-state index contributed by atoms with van der Waals surface area (Å²) in [6.07, 6.45) is 4.29. The third-order valence-corrected chi connectivity index (χ3v) is 6.19. The van der Waals surface area contributed by atoms with E-state index in [2.05, 4.69) is 12.2 Å². The Bertz CT molecular complexity index is 321. The second kappa shape index (κ2) is 6.16. The van der Waals surface area contributed by atoms with E-state index >= 15 is 0 Å². The van der Waals surface area contributed by atoms with Crippen LogP contribution < -0.4 is 5.32 Å². The summed E-state index contributed by atoms with van der Waals surface area (Å²) in [5, 5.41) is 2.58. The maximum atomic E-state index is 12.3. The van der Waals surface area contributed by atoms with Gasteiger partial charge in [-0.05, 0) is 45.6 Å². The lowest BCUT2D eigenvalue weighted by molar-refractivity contribution is 0.244. The topological polar surface area (TPSA) is 49.4 Å². The summed E-state index contributed by atoms with van der Waals surface area (Å²) in [5.41, 5.74) is 0. The van der Waals surface area contributed by atoms with Crippen molar-refractivity contribution in [2.75, 3.05) is 20.6 Å². The van der Waals surface area contributed by atoms with Crippen molar-refractivity contribution in [3.05, 3.63) is 0 Å². The number of nitrogens with zero attached hydrogens (tertiary/aromatic N) is 1. The van der Waals surface area contributed by atoms with Gasteiger partial charge in [-0.3, -0.25) is 0 Å². The van der Waals surface area contributed by atoms with Crippen LogP contribution >= 0.6 is 0 Å². The van der Waals surface area contributed by atoms with Crippen molar-refractivity contribution in [1.29, 1.82) is 0 Å². The highest BCUT2D eigenvalue weighted by Gasteiger charge is 2.32. The summed E-state index contributed by atoms with van der Waals surface area (Å²) in [4.78, 5) is 0. The summed E-state index contributed by atoms with van der Waals surface area (Å²) in [6.45, 7) is 4.53. The number of sulfonamides is 1. The molecular weight excluding hydrogens is 236 g/mol. The Balaban J connectivity index is 2.65. The van der Waals surface area contributed by atoms with Crippen LogP contribution in [0.5, 0.6) is 0 Å². The summed E-state index contributed by atoms with van der Waals surface area (Å²) >= 11 is 0. The minimum Gasteiger partial charge on any atom is -0.318 e. The number of hydrogen-bond acceptors (Lipinski definition) is 3. The average Bonchev–Trinajstić information content (AvgIpc) is 2.29. The molecule has 0 radical (unpaired) electrons. The maximum absolute atomic E-state index is 12.3. The van der Waals surface area contributed by atoms with Crippen LogP contribution in [0, 0.1) is 5.92 Å². The van der Waals surface area contributed by atoms with E-state index in [-0.39, 0.29) is 11.3 Å². The molecule has 4 nitrogen and oxygen atoms in total. The first kappa shape index (κ1) is 14.9. The smallest absolute Gasteiger partial charge is 0.217 e. The zero-order valence-electron chi connectivity index (χ0n) is 11.4. The maximum Gasteiger partial charge on any atom is 0.217 e. The van der Waals surface area contributed by atoms with Crippen LogP contribution in [0.25, 0.3) is 0 Å². The molecule has 1 fully saturated rings. The van der Waals surface area contributed by atoms with Crippen molar-refractivity contribution in [2.24, 2.45) is 5.92 Å². The van der Waals surface area contributed by atoms with Crippen molar-refractivity contribution in [2.45, 2.75) is 50.8 Å². The van der Waals surface area contributed by atoms with Gasteiger partial charge in [-0.15, -0.1) is 0 Å². The third kappa shape index (κ3) is 3.66. The van der Waals surface area contributed by atoms with Gasteiger partial charge < -0.3 is 5.32 Å². The lowest BCUT2D eigenvalue weighted by Crippen LogP contribution is -2.45. The van der Waals surface area contributed by atoms with Gasteiger partial charge in [0.05, 0.1) is 5.25 Å². The first-order chi connectivity index (χ1) is 7.89. The molecule has 1 rings (SSSR count). The molecule has 5 heteroatoms. The van der Waals surface area contributed by atoms with Gasteiger partial charge in [0, 0.05) is 19.6 Å². The largest absolute Gasteiger partial charge is 0.318 e. The van der Waals surface area contributed by atoms with E-state index < -0.39 is 10.0 Å². The molecule has 0 amide bonds. The minimum absolute atomic E-state index is 0.204. The fraction of sp³-hybridized carbons (Fsp3) is 1.00. The zero-order chi connectivity index (χ0) is 13.1. The summed E-state index contributed by atoms with van der Waals surface area (Å²) in [6, 6.07) is 0.204. The van der Waals surface area contributed by atoms with Gasteiger partial charge in [-0.25, -0.2) is 12.7 Å². The van der Waals surface area contributed by atoms with E-state index in [1.807, 2.05) is 0 Å². The molecule has 0 saturated heterocycles. The van der Waals surface area contributed by atoms with E-state index in [9.17, 15) is 8.42 Å². The van der Waals surface area contributed by atoms with Gasteiger partial charge in [0.1, 0.15) is 0 Å². The van der Waals surface area contributed by atoms with Gasteiger partial charge >= 0.3 is 0 Å². The molecule has 1 atom stereocenters. The molecule has 1 aliphatic carbocycles. The van der Waals surface area contributed by atoms with Crippen molar-refractivity contribution in [1.82, 2.24) is 9.62 Å². The summed E-state index contributed by atoms with van der Waals surface area (Å²) < 4.78 is 26.2. The normalized spacial score (nSPS) is 28.3. The van der Waals surface area contributed by atoms with Gasteiger partial charge in [-0.2, -0.15) is 0 Å². The number of nitrogens with one attached hydrogen (secondary N) is 1. The minimum atomic E-state index is -3.15. The first-order valence-electron chi connectivity index (χ1n) is 6.51. The number of rotatable bonds is 5. The Morgan fingerprint density at radius 1 is 1.29 bits per heavy atom. The summed E-state index contributed by atoms with van der Waals surface area (Å²) in [5.74, 6) is 0.747. The SMILES string of the molecule is CNCC(C)S(=O)(=O)N(C)C1CCC(C)CC1. The second-order valence-corrected chi connectivity index (χ2v) is 7.75. The van der Waals surface area contributed by atoms with E-state index in [0.717, 1.165) is 31.6 Å². The molecule has 0 aromatic heterocycles. The van der Waals surface area contributed by atoms with Gasteiger partial charge in [0.25, 0.3) is 0 Å². The molecule has 102 valence electrons. The molecule has 1 N–H and O–H groups in total. The Morgan fingerprint density at radius 3 is 2.29 bits per heavy atom. The van der Waals surface area contributed by atoms with E-state index in [4.69, 9.17) is 0 Å². The van der Waals surface area contributed by atoms with E-state index in [1.54, 1.807) is 25.3 Å². The average molecular weight is 262 g/mol. The molecule has 1 unspecified atom stereocenters. The molecular formula is C12H26N2O2S. The van der Waals surface area contributed by atoms with Gasteiger partial charge in [0.2, 0.25) is 10.0 Å². The molecule has 17 heavy (non-hydrogen) atoms. The van der Waals surface area contributed by atoms with Crippen LogP contribution in [-0.4, -0.2) is 44.7 Å². The molecule has 0 aliphatic heterocycles. The quantitative estimate of drug-likeness (QED) is 0.815. The summed E-state index contributed by atoms with van der Waals surface area (Å²) in [7, 11) is 0.377. The van der Waals surface area contributed by atoms with Gasteiger partial charge in [0.15, 0.2) is 0 Å². The van der Waals surface area contributed by atoms with Crippen molar-refractivity contribution >= 4 is 10.0 Å². The second-order valence-electron chi connectivity index (χ2n) is 5.34. The van der Waals surface area contributed by atoms with Gasteiger partial charge in [-0.1, -0.05) is 6.92 Å².